The highest BCUT2D eigenvalue weighted by molar-refractivity contribution is 5.95. The molecule has 1 aliphatic heterocycles. The molecular formula is C9H10N4O3. The molecule has 16 heavy (non-hydrogen) atoms. The van der Waals surface area contributed by atoms with Gasteiger partial charge < -0.3 is 10.8 Å². The molecule has 1 saturated heterocycles. The van der Waals surface area contributed by atoms with Crippen LogP contribution in [0.3, 0.4) is 0 Å². The number of aromatic carboxylic acids is 1. The quantitative estimate of drug-likeness (QED) is 0.680. The number of carbonyl (C=O) groups excluding carboxylic acids is 1. The molecule has 0 bridgehead atoms. The van der Waals surface area contributed by atoms with Crippen molar-refractivity contribution in [2.45, 2.75) is 12.5 Å². The lowest BCUT2D eigenvalue weighted by Gasteiger charge is -2.14. The number of hydrogen-bond acceptors (Lipinski definition) is 5. The van der Waals surface area contributed by atoms with Gasteiger partial charge in [0.2, 0.25) is 5.91 Å². The van der Waals surface area contributed by atoms with Crippen LogP contribution in [0.4, 0.5) is 5.82 Å². The lowest BCUT2D eigenvalue weighted by atomic mass is 10.3. The fourth-order valence-electron chi connectivity index (χ4n) is 1.55. The zero-order chi connectivity index (χ0) is 11.7. The Labute approximate surface area is 90.9 Å². The average molecular weight is 222 g/mol. The second kappa shape index (κ2) is 3.86. The molecule has 0 radical (unpaired) electrons. The molecule has 0 aliphatic carbocycles. The number of amides is 1. The van der Waals surface area contributed by atoms with Crippen LogP contribution in [0.2, 0.25) is 0 Å². The van der Waals surface area contributed by atoms with Crippen LogP contribution < -0.4 is 10.6 Å². The Morgan fingerprint density at radius 2 is 2.31 bits per heavy atom. The van der Waals surface area contributed by atoms with Gasteiger partial charge in [-0.3, -0.25) is 14.7 Å². The molecule has 0 saturated carbocycles. The molecule has 2 heterocycles. The predicted octanol–water partition coefficient (Wildman–Crippen LogP) is -0.761. The molecule has 1 aromatic rings. The molecule has 1 unspecified atom stereocenters. The molecule has 0 aromatic carbocycles. The molecule has 2 rings (SSSR count). The SMILES string of the molecule is NC1CC(=O)N(c2cncc(C(=O)O)n2)C1. The Morgan fingerprint density at radius 3 is 2.88 bits per heavy atom. The minimum atomic E-state index is -1.18. The highest BCUT2D eigenvalue weighted by Crippen LogP contribution is 2.17. The third-order valence-corrected chi connectivity index (χ3v) is 2.27. The van der Waals surface area contributed by atoms with Gasteiger partial charge in [0.15, 0.2) is 11.5 Å². The van der Waals surface area contributed by atoms with Gasteiger partial charge in [0.1, 0.15) is 0 Å². The molecule has 1 atom stereocenters. The first-order chi connectivity index (χ1) is 7.58. The van der Waals surface area contributed by atoms with Crippen LogP contribution >= 0.6 is 0 Å². The summed E-state index contributed by atoms with van der Waals surface area (Å²) in [5, 5.41) is 8.74. The number of aromatic nitrogens is 2. The smallest absolute Gasteiger partial charge is 0.356 e. The summed E-state index contributed by atoms with van der Waals surface area (Å²) in [5.74, 6) is -1.10. The van der Waals surface area contributed by atoms with Gasteiger partial charge in [0.25, 0.3) is 0 Å². The van der Waals surface area contributed by atoms with Gasteiger partial charge in [-0.1, -0.05) is 0 Å². The van der Waals surface area contributed by atoms with Gasteiger partial charge in [-0.15, -0.1) is 0 Å². The van der Waals surface area contributed by atoms with Crippen molar-refractivity contribution in [2.75, 3.05) is 11.4 Å². The molecule has 1 amide bonds. The molecular weight excluding hydrogens is 212 g/mol. The summed E-state index contributed by atoms with van der Waals surface area (Å²) in [5.41, 5.74) is 5.43. The van der Waals surface area contributed by atoms with E-state index in [0.29, 0.717) is 6.54 Å². The second-order valence-electron chi connectivity index (χ2n) is 3.54. The van der Waals surface area contributed by atoms with E-state index in [1.54, 1.807) is 0 Å². The maximum absolute atomic E-state index is 11.5. The minimum Gasteiger partial charge on any atom is -0.476 e. The Hall–Kier alpha value is -2.02. The number of nitrogens with two attached hydrogens (primary N) is 1. The van der Waals surface area contributed by atoms with Crippen LogP contribution in [0.15, 0.2) is 12.4 Å². The first-order valence-corrected chi connectivity index (χ1v) is 4.69. The number of carboxylic acid groups (broad SMARTS) is 1. The van der Waals surface area contributed by atoms with Crippen LogP contribution in [0.5, 0.6) is 0 Å². The Balaban J connectivity index is 2.30. The van der Waals surface area contributed by atoms with Gasteiger partial charge in [-0.2, -0.15) is 0 Å². The van der Waals surface area contributed by atoms with Crippen LogP contribution in [0.1, 0.15) is 16.9 Å². The van der Waals surface area contributed by atoms with E-state index >= 15 is 0 Å². The number of nitrogens with zero attached hydrogens (tertiary/aromatic N) is 3. The average Bonchev–Trinajstić information content (AvgIpc) is 2.58. The predicted molar refractivity (Wildman–Crippen MR) is 53.9 cm³/mol. The maximum atomic E-state index is 11.5. The number of carbonyl (C=O) groups is 2. The van der Waals surface area contributed by atoms with E-state index in [2.05, 4.69) is 9.97 Å². The standard InChI is InChI=1S/C9H10N4O3/c10-5-1-8(14)13(4-5)7-3-11-2-6(12-7)9(15)16/h2-3,5H,1,4,10H2,(H,15,16). The van der Waals surface area contributed by atoms with Crippen molar-refractivity contribution in [2.24, 2.45) is 5.73 Å². The fraction of sp³-hybridized carbons (Fsp3) is 0.333. The van der Waals surface area contributed by atoms with E-state index in [1.165, 1.54) is 11.1 Å². The summed E-state index contributed by atoms with van der Waals surface area (Å²) < 4.78 is 0. The summed E-state index contributed by atoms with van der Waals surface area (Å²) in [6.07, 6.45) is 2.73. The van der Waals surface area contributed by atoms with Crippen molar-refractivity contribution in [3.8, 4) is 0 Å². The number of hydrogen-bond donors (Lipinski definition) is 2. The van der Waals surface area contributed by atoms with Gasteiger partial charge in [0.05, 0.1) is 12.4 Å². The molecule has 84 valence electrons. The van der Waals surface area contributed by atoms with Crippen molar-refractivity contribution in [3.05, 3.63) is 18.1 Å². The topological polar surface area (TPSA) is 109 Å². The number of anilines is 1. The highest BCUT2D eigenvalue weighted by Gasteiger charge is 2.29. The van der Waals surface area contributed by atoms with Gasteiger partial charge in [-0.25, -0.2) is 9.78 Å². The van der Waals surface area contributed by atoms with Crippen LogP contribution in [0.25, 0.3) is 0 Å². The minimum absolute atomic E-state index is 0.163. The van der Waals surface area contributed by atoms with E-state index in [9.17, 15) is 9.59 Å². The van der Waals surface area contributed by atoms with E-state index in [4.69, 9.17) is 10.8 Å². The normalized spacial score (nSPS) is 20.2. The summed E-state index contributed by atoms with van der Waals surface area (Å²) in [6, 6.07) is -0.234. The zero-order valence-corrected chi connectivity index (χ0v) is 8.33. The van der Waals surface area contributed by atoms with E-state index in [1.807, 2.05) is 0 Å². The van der Waals surface area contributed by atoms with Crippen molar-refractivity contribution in [3.63, 3.8) is 0 Å². The van der Waals surface area contributed by atoms with Gasteiger partial charge in [-0.05, 0) is 0 Å². The summed E-state index contributed by atoms with van der Waals surface area (Å²) >= 11 is 0. The molecule has 7 heteroatoms. The lowest BCUT2D eigenvalue weighted by Crippen LogP contribution is -2.29. The molecule has 0 spiro atoms. The van der Waals surface area contributed by atoms with Crippen LogP contribution in [-0.2, 0) is 4.79 Å². The number of carboxylic acids is 1. The summed E-state index contributed by atoms with van der Waals surface area (Å²) in [6.45, 7) is 0.344. The van der Waals surface area contributed by atoms with Gasteiger partial charge >= 0.3 is 5.97 Å². The van der Waals surface area contributed by atoms with Crippen molar-refractivity contribution >= 4 is 17.7 Å². The Morgan fingerprint density at radius 1 is 1.56 bits per heavy atom. The van der Waals surface area contributed by atoms with E-state index in [-0.39, 0.29) is 29.9 Å². The Bertz CT molecular complexity index is 448. The van der Waals surface area contributed by atoms with E-state index < -0.39 is 5.97 Å². The molecule has 1 aromatic heterocycles. The lowest BCUT2D eigenvalue weighted by molar-refractivity contribution is -0.117. The maximum Gasteiger partial charge on any atom is 0.356 e. The third-order valence-electron chi connectivity index (χ3n) is 2.27. The second-order valence-corrected chi connectivity index (χ2v) is 3.54. The monoisotopic (exact) mass is 222 g/mol. The molecule has 1 fully saturated rings. The first-order valence-electron chi connectivity index (χ1n) is 4.69. The number of rotatable bonds is 2. The fourth-order valence-corrected chi connectivity index (χ4v) is 1.55. The van der Waals surface area contributed by atoms with Crippen molar-refractivity contribution in [1.82, 2.24) is 9.97 Å². The van der Waals surface area contributed by atoms with Crippen molar-refractivity contribution < 1.29 is 14.7 Å². The van der Waals surface area contributed by atoms with E-state index in [0.717, 1.165) is 6.20 Å². The van der Waals surface area contributed by atoms with Crippen molar-refractivity contribution in [1.29, 1.82) is 0 Å². The molecule has 3 N–H and O–H groups in total. The molecule has 7 nitrogen and oxygen atoms in total. The van der Waals surface area contributed by atoms with Crippen LogP contribution in [-0.4, -0.2) is 39.5 Å². The Kier molecular flexibility index (Phi) is 2.53. The summed E-state index contributed by atoms with van der Waals surface area (Å²) in [4.78, 5) is 31.1. The van der Waals surface area contributed by atoms with Crippen LogP contribution in [0, 0.1) is 0 Å². The first kappa shape index (κ1) is 10.5. The highest BCUT2D eigenvalue weighted by atomic mass is 16.4. The third kappa shape index (κ3) is 1.84. The largest absolute Gasteiger partial charge is 0.476 e. The molecule has 1 aliphatic rings. The zero-order valence-electron chi connectivity index (χ0n) is 8.33. The van der Waals surface area contributed by atoms with Gasteiger partial charge in [0, 0.05) is 19.0 Å². The summed E-state index contributed by atoms with van der Waals surface area (Å²) in [7, 11) is 0.